The number of nitrogens with one attached hydrogen (secondary N) is 2. The largest absolute Gasteiger partial charge is 0.385 e. The number of nitrogens with zero attached hydrogens (tertiary/aromatic N) is 2. The van der Waals surface area contributed by atoms with E-state index >= 15 is 0 Å². The van der Waals surface area contributed by atoms with Gasteiger partial charge in [0.15, 0.2) is 5.16 Å². The highest BCUT2D eigenvalue weighted by molar-refractivity contribution is 7.98. The van der Waals surface area contributed by atoms with Gasteiger partial charge in [0.2, 0.25) is 0 Å². The Hall–Kier alpha value is -1.01. The highest BCUT2D eigenvalue weighted by atomic mass is 32.2. The summed E-state index contributed by atoms with van der Waals surface area (Å²) in [5.74, 6) is 1.77. The Labute approximate surface area is 119 Å². The Morgan fingerprint density at radius 2 is 1.84 bits per heavy atom. The number of hydrogen-bond donors (Lipinski definition) is 2. The summed E-state index contributed by atoms with van der Waals surface area (Å²) in [6.45, 7) is 4.78. The van der Waals surface area contributed by atoms with Crippen molar-refractivity contribution in [1.29, 1.82) is 0 Å². The van der Waals surface area contributed by atoms with Crippen molar-refractivity contribution < 1.29 is 4.74 Å². The van der Waals surface area contributed by atoms with Crippen LogP contribution in [0.2, 0.25) is 0 Å². The summed E-state index contributed by atoms with van der Waals surface area (Å²) < 4.78 is 5.03. The molecule has 0 saturated heterocycles. The van der Waals surface area contributed by atoms with E-state index in [1.807, 2.05) is 12.3 Å². The molecule has 2 N–H and O–H groups in total. The molecule has 0 spiro atoms. The van der Waals surface area contributed by atoms with Crippen molar-refractivity contribution in [2.75, 3.05) is 43.7 Å². The van der Waals surface area contributed by atoms with E-state index in [4.69, 9.17) is 4.74 Å². The average Bonchev–Trinajstić information content (AvgIpc) is 2.44. The Morgan fingerprint density at radius 3 is 2.42 bits per heavy atom. The van der Waals surface area contributed by atoms with Crippen LogP contribution in [0.1, 0.15) is 26.2 Å². The summed E-state index contributed by atoms with van der Waals surface area (Å²) in [4.78, 5) is 8.88. The van der Waals surface area contributed by atoms with Gasteiger partial charge in [-0.25, -0.2) is 9.97 Å². The standard InChI is InChI=1S/C13H24N4OS/c1-4-7-14-11-10-12(17-13(16-11)19-3)15-8-5-6-9-18-2/h10H,4-9H2,1-3H3,(H2,14,15,16,17). The van der Waals surface area contributed by atoms with Crippen molar-refractivity contribution in [2.45, 2.75) is 31.3 Å². The number of thioether (sulfide) groups is 1. The molecule has 19 heavy (non-hydrogen) atoms. The van der Waals surface area contributed by atoms with Gasteiger partial charge >= 0.3 is 0 Å². The summed E-state index contributed by atoms with van der Waals surface area (Å²) in [6, 6.07) is 1.96. The number of rotatable bonds is 10. The van der Waals surface area contributed by atoms with Gasteiger partial charge in [0.1, 0.15) is 11.6 Å². The van der Waals surface area contributed by atoms with Gasteiger partial charge in [0.05, 0.1) is 0 Å². The molecule has 0 unspecified atom stereocenters. The maximum Gasteiger partial charge on any atom is 0.191 e. The minimum atomic E-state index is 0.792. The molecule has 0 aliphatic rings. The molecule has 0 aromatic carbocycles. The van der Waals surface area contributed by atoms with Gasteiger partial charge in [-0.1, -0.05) is 18.7 Å². The van der Waals surface area contributed by atoms with E-state index in [2.05, 4.69) is 27.5 Å². The van der Waals surface area contributed by atoms with E-state index in [0.717, 1.165) is 55.8 Å². The first-order chi connectivity index (χ1) is 9.30. The van der Waals surface area contributed by atoms with Crippen LogP contribution in [0.25, 0.3) is 0 Å². The fraction of sp³-hybridized carbons (Fsp3) is 0.692. The lowest BCUT2D eigenvalue weighted by atomic mass is 10.3. The van der Waals surface area contributed by atoms with Gasteiger partial charge in [0.25, 0.3) is 0 Å². The molecule has 1 aromatic heterocycles. The SMILES string of the molecule is CCCNc1cc(NCCCCOC)nc(SC)n1. The van der Waals surface area contributed by atoms with Crippen molar-refractivity contribution in [3.63, 3.8) is 0 Å². The first kappa shape index (κ1) is 16.0. The predicted octanol–water partition coefficient (Wildman–Crippen LogP) is 2.86. The number of methoxy groups -OCH3 is 1. The maximum absolute atomic E-state index is 5.03. The molecule has 1 heterocycles. The second-order valence-corrected chi connectivity index (χ2v) is 4.95. The summed E-state index contributed by atoms with van der Waals surface area (Å²) >= 11 is 1.56. The monoisotopic (exact) mass is 284 g/mol. The van der Waals surface area contributed by atoms with Gasteiger partial charge in [-0.3, -0.25) is 0 Å². The van der Waals surface area contributed by atoms with E-state index in [1.165, 1.54) is 0 Å². The van der Waals surface area contributed by atoms with Crippen LogP contribution in [0.15, 0.2) is 11.2 Å². The van der Waals surface area contributed by atoms with Crippen molar-refractivity contribution in [1.82, 2.24) is 9.97 Å². The Bertz CT molecular complexity index is 362. The molecule has 6 heteroatoms. The molecule has 0 fully saturated rings. The number of hydrogen-bond acceptors (Lipinski definition) is 6. The second-order valence-electron chi connectivity index (χ2n) is 4.18. The van der Waals surface area contributed by atoms with Crippen molar-refractivity contribution in [3.8, 4) is 0 Å². The van der Waals surface area contributed by atoms with Crippen LogP contribution in [-0.4, -0.2) is 43.0 Å². The third kappa shape index (κ3) is 6.63. The molecule has 108 valence electrons. The normalized spacial score (nSPS) is 10.5. The van der Waals surface area contributed by atoms with Gasteiger partial charge in [-0.05, 0) is 25.5 Å². The van der Waals surface area contributed by atoms with E-state index in [-0.39, 0.29) is 0 Å². The molecule has 0 aliphatic carbocycles. The smallest absolute Gasteiger partial charge is 0.191 e. The molecule has 0 bridgehead atoms. The Balaban J connectivity index is 2.50. The number of unbranched alkanes of at least 4 members (excludes halogenated alkanes) is 1. The average molecular weight is 284 g/mol. The third-order valence-electron chi connectivity index (χ3n) is 2.53. The summed E-state index contributed by atoms with van der Waals surface area (Å²) in [7, 11) is 1.73. The van der Waals surface area contributed by atoms with Crippen LogP contribution in [0.5, 0.6) is 0 Å². The third-order valence-corrected chi connectivity index (χ3v) is 3.07. The van der Waals surface area contributed by atoms with Crippen LogP contribution in [-0.2, 0) is 4.74 Å². The quantitative estimate of drug-likeness (QED) is 0.391. The topological polar surface area (TPSA) is 59.1 Å². The molecule has 0 aliphatic heterocycles. The molecule has 5 nitrogen and oxygen atoms in total. The van der Waals surface area contributed by atoms with Crippen LogP contribution in [0, 0.1) is 0 Å². The summed E-state index contributed by atoms with van der Waals surface area (Å²) in [6.07, 6.45) is 5.20. The first-order valence-corrected chi connectivity index (χ1v) is 7.92. The van der Waals surface area contributed by atoms with Crippen LogP contribution >= 0.6 is 11.8 Å². The first-order valence-electron chi connectivity index (χ1n) is 6.70. The van der Waals surface area contributed by atoms with Crippen LogP contribution in [0.4, 0.5) is 11.6 Å². The lowest BCUT2D eigenvalue weighted by molar-refractivity contribution is 0.194. The van der Waals surface area contributed by atoms with Gasteiger partial charge < -0.3 is 15.4 Å². The maximum atomic E-state index is 5.03. The highest BCUT2D eigenvalue weighted by Crippen LogP contribution is 2.17. The van der Waals surface area contributed by atoms with Crippen molar-refractivity contribution >= 4 is 23.4 Å². The highest BCUT2D eigenvalue weighted by Gasteiger charge is 2.03. The fourth-order valence-corrected chi connectivity index (χ4v) is 1.92. The molecular formula is C13H24N4OS. The Kier molecular flexibility index (Phi) is 8.33. The lowest BCUT2D eigenvalue weighted by Crippen LogP contribution is -2.08. The summed E-state index contributed by atoms with van der Waals surface area (Å²) in [5.41, 5.74) is 0. The Morgan fingerprint density at radius 1 is 1.16 bits per heavy atom. The molecule has 0 saturated carbocycles. The van der Waals surface area contributed by atoms with Crippen molar-refractivity contribution in [2.24, 2.45) is 0 Å². The predicted molar refractivity (Wildman–Crippen MR) is 82.2 cm³/mol. The van der Waals surface area contributed by atoms with E-state index in [1.54, 1.807) is 18.9 Å². The van der Waals surface area contributed by atoms with Gasteiger partial charge in [-0.15, -0.1) is 0 Å². The minimum Gasteiger partial charge on any atom is -0.385 e. The molecular weight excluding hydrogens is 260 g/mol. The van der Waals surface area contributed by atoms with Gasteiger partial charge in [-0.2, -0.15) is 0 Å². The zero-order chi connectivity index (χ0) is 13.9. The minimum absolute atomic E-state index is 0.792. The van der Waals surface area contributed by atoms with Crippen molar-refractivity contribution in [3.05, 3.63) is 6.07 Å². The molecule has 0 atom stereocenters. The lowest BCUT2D eigenvalue weighted by Gasteiger charge is -2.10. The number of ether oxygens (including phenoxy) is 1. The molecule has 1 rings (SSSR count). The fourth-order valence-electron chi connectivity index (χ4n) is 1.54. The van der Waals surface area contributed by atoms with E-state index in [0.29, 0.717) is 0 Å². The number of anilines is 2. The van der Waals surface area contributed by atoms with E-state index < -0.39 is 0 Å². The number of aromatic nitrogens is 2. The van der Waals surface area contributed by atoms with Crippen LogP contribution < -0.4 is 10.6 Å². The second kappa shape index (κ2) is 9.86. The van der Waals surface area contributed by atoms with Crippen LogP contribution in [0.3, 0.4) is 0 Å². The summed E-state index contributed by atoms with van der Waals surface area (Å²) in [5, 5.41) is 7.42. The zero-order valence-electron chi connectivity index (χ0n) is 12.0. The molecule has 0 radical (unpaired) electrons. The van der Waals surface area contributed by atoms with E-state index in [9.17, 15) is 0 Å². The zero-order valence-corrected chi connectivity index (χ0v) is 12.8. The van der Waals surface area contributed by atoms with Gasteiger partial charge in [0, 0.05) is 32.9 Å². The molecule has 0 amide bonds. The molecule has 1 aromatic rings.